The smallest absolute Gasteiger partial charge is 0.119 e. The lowest BCUT2D eigenvalue weighted by Crippen LogP contribution is -2.21. The van der Waals surface area contributed by atoms with Gasteiger partial charge in [0.15, 0.2) is 0 Å². The minimum absolute atomic E-state index is 0.0565. The van der Waals surface area contributed by atoms with Crippen molar-refractivity contribution in [3.8, 4) is 5.75 Å². The van der Waals surface area contributed by atoms with Crippen LogP contribution < -0.4 is 10.5 Å². The fourth-order valence-corrected chi connectivity index (χ4v) is 1.60. The van der Waals surface area contributed by atoms with E-state index < -0.39 is 6.10 Å². The Bertz CT molecular complexity index is 311. The molecule has 0 bridgehead atoms. The first-order valence-electron chi connectivity index (χ1n) is 6.33. The van der Waals surface area contributed by atoms with E-state index in [1.165, 1.54) is 0 Å². The third-order valence-electron chi connectivity index (χ3n) is 2.79. The van der Waals surface area contributed by atoms with Gasteiger partial charge in [-0.05, 0) is 37.0 Å². The topological polar surface area (TPSA) is 55.5 Å². The van der Waals surface area contributed by atoms with E-state index >= 15 is 0 Å². The Kier molecular flexibility index (Phi) is 6.01. The maximum Gasteiger partial charge on any atom is 0.119 e. The predicted molar refractivity (Wildman–Crippen MR) is 70.1 cm³/mol. The average Bonchev–Trinajstić information content (AvgIpc) is 2.36. The molecule has 1 aromatic rings. The maximum absolute atomic E-state index is 9.97. The van der Waals surface area contributed by atoms with E-state index in [1.54, 1.807) is 0 Å². The van der Waals surface area contributed by atoms with Crippen LogP contribution in [0.25, 0.3) is 0 Å². The molecule has 2 unspecified atom stereocenters. The number of benzene rings is 1. The molecule has 0 saturated carbocycles. The van der Waals surface area contributed by atoms with Gasteiger partial charge in [0.1, 0.15) is 5.75 Å². The van der Waals surface area contributed by atoms with Gasteiger partial charge in [0.25, 0.3) is 0 Å². The average molecular weight is 237 g/mol. The standard InChI is InChI=1S/C14H23NO2/c1-3-9-17-13-7-5-11(6-8-13)14(16)10-12(15)4-2/h5-8,12,14,16H,3-4,9-10,15H2,1-2H3. The van der Waals surface area contributed by atoms with Crippen molar-refractivity contribution >= 4 is 0 Å². The van der Waals surface area contributed by atoms with Crippen molar-refractivity contribution in [1.29, 1.82) is 0 Å². The molecule has 0 radical (unpaired) electrons. The third-order valence-corrected chi connectivity index (χ3v) is 2.79. The normalized spacial score (nSPS) is 14.4. The van der Waals surface area contributed by atoms with Crippen molar-refractivity contribution in [2.24, 2.45) is 5.73 Å². The zero-order valence-corrected chi connectivity index (χ0v) is 10.7. The maximum atomic E-state index is 9.97. The second-order valence-electron chi connectivity index (χ2n) is 4.34. The van der Waals surface area contributed by atoms with Crippen LogP contribution in [0.3, 0.4) is 0 Å². The van der Waals surface area contributed by atoms with E-state index in [1.807, 2.05) is 31.2 Å². The quantitative estimate of drug-likeness (QED) is 0.766. The van der Waals surface area contributed by atoms with Gasteiger partial charge in [0, 0.05) is 6.04 Å². The van der Waals surface area contributed by atoms with Crippen molar-refractivity contribution < 1.29 is 9.84 Å². The van der Waals surface area contributed by atoms with Gasteiger partial charge in [0.05, 0.1) is 12.7 Å². The first kappa shape index (κ1) is 14.0. The summed E-state index contributed by atoms with van der Waals surface area (Å²) < 4.78 is 5.49. The summed E-state index contributed by atoms with van der Waals surface area (Å²) in [6.07, 6.45) is 2.00. The van der Waals surface area contributed by atoms with Crippen molar-refractivity contribution in [2.45, 2.75) is 45.3 Å². The number of hydrogen-bond acceptors (Lipinski definition) is 3. The van der Waals surface area contributed by atoms with E-state index in [9.17, 15) is 5.11 Å². The third kappa shape index (κ3) is 4.75. The van der Waals surface area contributed by atoms with E-state index in [0.29, 0.717) is 6.42 Å². The number of rotatable bonds is 7. The second kappa shape index (κ2) is 7.30. The van der Waals surface area contributed by atoms with Crippen molar-refractivity contribution in [1.82, 2.24) is 0 Å². The molecule has 0 amide bonds. The van der Waals surface area contributed by atoms with Crippen LogP contribution in [0.5, 0.6) is 5.75 Å². The lowest BCUT2D eigenvalue weighted by atomic mass is 10.0. The van der Waals surface area contributed by atoms with Crippen LogP contribution in [0.15, 0.2) is 24.3 Å². The molecule has 0 aliphatic heterocycles. The molecule has 1 aromatic carbocycles. The van der Waals surface area contributed by atoms with Gasteiger partial charge in [-0.1, -0.05) is 26.0 Å². The summed E-state index contributed by atoms with van der Waals surface area (Å²) in [6, 6.07) is 7.65. The summed E-state index contributed by atoms with van der Waals surface area (Å²) in [7, 11) is 0. The highest BCUT2D eigenvalue weighted by Crippen LogP contribution is 2.21. The molecule has 1 rings (SSSR count). The van der Waals surface area contributed by atoms with E-state index in [2.05, 4.69) is 6.92 Å². The summed E-state index contributed by atoms with van der Waals surface area (Å²) in [5.74, 6) is 0.850. The number of hydrogen-bond donors (Lipinski definition) is 2. The highest BCUT2D eigenvalue weighted by molar-refractivity contribution is 5.28. The van der Waals surface area contributed by atoms with Crippen LogP contribution in [-0.2, 0) is 0 Å². The molecule has 3 N–H and O–H groups in total. The van der Waals surface area contributed by atoms with Gasteiger partial charge in [0.2, 0.25) is 0 Å². The van der Waals surface area contributed by atoms with Crippen LogP contribution in [0.2, 0.25) is 0 Å². The molecule has 0 aromatic heterocycles. The fourth-order valence-electron chi connectivity index (χ4n) is 1.60. The molecule has 3 nitrogen and oxygen atoms in total. The van der Waals surface area contributed by atoms with Gasteiger partial charge in [-0.2, -0.15) is 0 Å². The Balaban J connectivity index is 2.54. The van der Waals surface area contributed by atoms with Crippen LogP contribution in [0, 0.1) is 0 Å². The monoisotopic (exact) mass is 237 g/mol. The Morgan fingerprint density at radius 1 is 1.24 bits per heavy atom. The largest absolute Gasteiger partial charge is 0.494 e. The number of ether oxygens (including phenoxy) is 1. The van der Waals surface area contributed by atoms with Crippen LogP contribution in [-0.4, -0.2) is 17.8 Å². The zero-order valence-electron chi connectivity index (χ0n) is 10.7. The highest BCUT2D eigenvalue weighted by Gasteiger charge is 2.11. The Morgan fingerprint density at radius 2 is 1.88 bits per heavy atom. The van der Waals surface area contributed by atoms with Gasteiger partial charge < -0.3 is 15.6 Å². The van der Waals surface area contributed by atoms with E-state index in [0.717, 1.165) is 30.8 Å². The molecule has 0 heterocycles. The van der Waals surface area contributed by atoms with Crippen molar-refractivity contribution in [2.75, 3.05) is 6.61 Å². The summed E-state index contributed by atoms with van der Waals surface area (Å²) in [5.41, 5.74) is 6.72. The van der Waals surface area contributed by atoms with E-state index in [-0.39, 0.29) is 6.04 Å². The molecule has 17 heavy (non-hydrogen) atoms. The lowest BCUT2D eigenvalue weighted by Gasteiger charge is -2.15. The molecule has 3 heteroatoms. The van der Waals surface area contributed by atoms with Crippen molar-refractivity contribution in [3.63, 3.8) is 0 Å². The lowest BCUT2D eigenvalue weighted by molar-refractivity contribution is 0.157. The number of nitrogens with two attached hydrogens (primary N) is 1. The molecular formula is C14H23NO2. The first-order chi connectivity index (χ1) is 8.17. The number of aliphatic hydroxyl groups excluding tert-OH is 1. The van der Waals surface area contributed by atoms with E-state index in [4.69, 9.17) is 10.5 Å². The van der Waals surface area contributed by atoms with Crippen LogP contribution >= 0.6 is 0 Å². The van der Waals surface area contributed by atoms with Gasteiger partial charge >= 0.3 is 0 Å². The molecule has 0 spiro atoms. The van der Waals surface area contributed by atoms with Crippen LogP contribution in [0.1, 0.15) is 44.8 Å². The second-order valence-corrected chi connectivity index (χ2v) is 4.34. The van der Waals surface area contributed by atoms with Crippen LogP contribution in [0.4, 0.5) is 0 Å². The fraction of sp³-hybridized carbons (Fsp3) is 0.571. The zero-order chi connectivity index (χ0) is 12.7. The van der Waals surface area contributed by atoms with Crippen molar-refractivity contribution in [3.05, 3.63) is 29.8 Å². The highest BCUT2D eigenvalue weighted by atomic mass is 16.5. The first-order valence-corrected chi connectivity index (χ1v) is 6.33. The predicted octanol–water partition coefficient (Wildman–Crippen LogP) is 2.64. The Morgan fingerprint density at radius 3 is 2.41 bits per heavy atom. The SMILES string of the molecule is CCCOc1ccc(C(O)CC(N)CC)cc1. The molecule has 0 aliphatic rings. The molecule has 0 fully saturated rings. The Hall–Kier alpha value is -1.06. The Labute approximate surface area is 104 Å². The summed E-state index contributed by atoms with van der Waals surface area (Å²) >= 11 is 0. The molecule has 96 valence electrons. The summed E-state index contributed by atoms with van der Waals surface area (Å²) in [6.45, 7) is 4.83. The molecule has 2 atom stereocenters. The van der Waals surface area contributed by atoms with Gasteiger partial charge in [-0.3, -0.25) is 0 Å². The molecule has 0 aliphatic carbocycles. The minimum Gasteiger partial charge on any atom is -0.494 e. The number of aliphatic hydroxyl groups is 1. The van der Waals surface area contributed by atoms with Gasteiger partial charge in [-0.15, -0.1) is 0 Å². The summed E-state index contributed by atoms with van der Waals surface area (Å²) in [5, 5.41) is 9.97. The molecule has 0 saturated heterocycles. The summed E-state index contributed by atoms with van der Waals surface area (Å²) in [4.78, 5) is 0. The van der Waals surface area contributed by atoms with Gasteiger partial charge in [-0.25, -0.2) is 0 Å². The molecular weight excluding hydrogens is 214 g/mol. The minimum atomic E-state index is -0.481.